The second-order valence-electron chi connectivity index (χ2n) is 8.78. The Balaban J connectivity index is 1.27. The lowest BCUT2D eigenvalue weighted by atomic mass is 9.90. The molecule has 7 heteroatoms. The summed E-state index contributed by atoms with van der Waals surface area (Å²) in [5.41, 5.74) is 3.00. The Labute approximate surface area is 182 Å². The van der Waals surface area contributed by atoms with Gasteiger partial charge in [-0.05, 0) is 49.4 Å². The van der Waals surface area contributed by atoms with Crippen molar-refractivity contribution in [1.29, 1.82) is 0 Å². The molecule has 2 fully saturated rings. The second-order valence-corrected chi connectivity index (χ2v) is 8.78. The number of anilines is 2. The summed E-state index contributed by atoms with van der Waals surface area (Å²) in [4.78, 5) is 26.9. The van der Waals surface area contributed by atoms with Gasteiger partial charge in [-0.3, -0.25) is 0 Å². The molecular formula is C24H30N6O. The average molecular weight is 419 g/mol. The SMILES string of the molecule is O=C(Nc1cccc(C2CCCN(c3ncnc4[nH]ccc34)C2)c1)NC1CCCCC1. The quantitative estimate of drug-likeness (QED) is 0.568. The van der Waals surface area contributed by atoms with Crippen molar-refractivity contribution in [3.63, 3.8) is 0 Å². The van der Waals surface area contributed by atoms with Crippen LogP contribution in [0.2, 0.25) is 0 Å². The lowest BCUT2D eigenvalue weighted by molar-refractivity contribution is 0.244. The van der Waals surface area contributed by atoms with Crippen LogP contribution >= 0.6 is 0 Å². The van der Waals surface area contributed by atoms with Gasteiger partial charge in [0.25, 0.3) is 0 Å². The van der Waals surface area contributed by atoms with Crippen LogP contribution in [0.1, 0.15) is 56.4 Å². The molecule has 1 atom stereocenters. The van der Waals surface area contributed by atoms with Crippen LogP contribution < -0.4 is 15.5 Å². The fourth-order valence-electron chi connectivity index (χ4n) is 5.02. The first kappa shape index (κ1) is 19.8. The topological polar surface area (TPSA) is 85.9 Å². The van der Waals surface area contributed by atoms with Crippen molar-refractivity contribution >= 4 is 28.6 Å². The van der Waals surface area contributed by atoms with E-state index in [9.17, 15) is 4.79 Å². The van der Waals surface area contributed by atoms with Crippen LogP contribution in [0, 0.1) is 0 Å². The summed E-state index contributed by atoms with van der Waals surface area (Å²) in [5.74, 6) is 1.40. The van der Waals surface area contributed by atoms with E-state index in [2.05, 4.69) is 42.6 Å². The molecule has 3 aromatic rings. The zero-order valence-electron chi connectivity index (χ0n) is 17.8. The number of hydrogen-bond donors (Lipinski definition) is 3. The number of nitrogens with zero attached hydrogens (tertiary/aromatic N) is 3. The van der Waals surface area contributed by atoms with Crippen LogP contribution in [0.4, 0.5) is 16.3 Å². The zero-order valence-corrected chi connectivity index (χ0v) is 17.8. The molecule has 3 heterocycles. The summed E-state index contributed by atoms with van der Waals surface area (Å²) in [7, 11) is 0. The highest BCUT2D eigenvalue weighted by atomic mass is 16.2. The van der Waals surface area contributed by atoms with Crippen molar-refractivity contribution in [3.05, 3.63) is 48.4 Å². The smallest absolute Gasteiger partial charge is 0.319 e. The highest BCUT2D eigenvalue weighted by Crippen LogP contribution is 2.32. The molecule has 5 rings (SSSR count). The van der Waals surface area contributed by atoms with Crippen molar-refractivity contribution in [2.24, 2.45) is 0 Å². The first-order valence-electron chi connectivity index (χ1n) is 11.5. The van der Waals surface area contributed by atoms with E-state index in [1.807, 2.05) is 24.4 Å². The lowest BCUT2D eigenvalue weighted by Crippen LogP contribution is -2.39. The standard InChI is InChI=1S/C24H30N6O/c31-24(28-19-8-2-1-3-9-19)29-20-10-4-6-17(14-20)18-7-5-13-30(15-18)23-21-11-12-25-22(21)26-16-27-23/h4,6,10-12,14,16,18-19H,1-3,5,7-9,13,15H2,(H,25,26,27)(H2,28,29,31). The minimum atomic E-state index is -0.0924. The first-order valence-corrected chi connectivity index (χ1v) is 11.5. The van der Waals surface area contributed by atoms with Gasteiger partial charge in [-0.15, -0.1) is 0 Å². The molecular weight excluding hydrogens is 388 g/mol. The minimum Gasteiger partial charge on any atom is -0.355 e. The van der Waals surface area contributed by atoms with E-state index in [1.165, 1.54) is 24.8 Å². The normalized spacial score (nSPS) is 20.0. The van der Waals surface area contributed by atoms with Crippen LogP contribution in [0.25, 0.3) is 11.0 Å². The molecule has 1 aliphatic heterocycles. The maximum atomic E-state index is 12.5. The zero-order chi connectivity index (χ0) is 21.0. The van der Waals surface area contributed by atoms with Gasteiger partial charge in [0.2, 0.25) is 0 Å². The number of aromatic amines is 1. The fraction of sp³-hybridized carbons (Fsp3) is 0.458. The highest BCUT2D eigenvalue weighted by molar-refractivity contribution is 5.89. The summed E-state index contributed by atoms with van der Waals surface area (Å²) >= 11 is 0. The number of benzene rings is 1. The van der Waals surface area contributed by atoms with Crippen molar-refractivity contribution in [1.82, 2.24) is 20.3 Å². The van der Waals surface area contributed by atoms with E-state index in [4.69, 9.17) is 0 Å². The van der Waals surface area contributed by atoms with E-state index in [-0.39, 0.29) is 6.03 Å². The molecule has 2 aromatic heterocycles. The number of carbonyl (C=O) groups excluding carboxylic acids is 1. The average Bonchev–Trinajstić information content (AvgIpc) is 3.29. The van der Waals surface area contributed by atoms with E-state index >= 15 is 0 Å². The lowest BCUT2D eigenvalue weighted by Gasteiger charge is -2.34. The van der Waals surface area contributed by atoms with Gasteiger partial charge < -0.3 is 20.5 Å². The first-order chi connectivity index (χ1) is 15.3. The second kappa shape index (κ2) is 8.96. The van der Waals surface area contributed by atoms with Crippen molar-refractivity contribution in [2.45, 2.75) is 56.9 Å². The Bertz CT molecular complexity index is 1040. The number of urea groups is 1. The summed E-state index contributed by atoms with van der Waals surface area (Å²) in [6.45, 7) is 1.91. The largest absolute Gasteiger partial charge is 0.355 e. The monoisotopic (exact) mass is 418 g/mol. The molecule has 0 bridgehead atoms. The van der Waals surface area contributed by atoms with Crippen LogP contribution in [0.5, 0.6) is 0 Å². The third-order valence-corrected chi connectivity index (χ3v) is 6.61. The van der Waals surface area contributed by atoms with Crippen LogP contribution in [-0.4, -0.2) is 40.1 Å². The molecule has 1 saturated heterocycles. The molecule has 31 heavy (non-hydrogen) atoms. The van der Waals surface area contributed by atoms with E-state index in [0.29, 0.717) is 12.0 Å². The summed E-state index contributed by atoms with van der Waals surface area (Å²) < 4.78 is 0. The Morgan fingerprint density at radius 1 is 1.06 bits per heavy atom. The molecule has 1 saturated carbocycles. The van der Waals surface area contributed by atoms with Gasteiger partial charge in [0.05, 0.1) is 5.39 Å². The van der Waals surface area contributed by atoms with Gasteiger partial charge in [-0.2, -0.15) is 0 Å². The number of aromatic nitrogens is 3. The van der Waals surface area contributed by atoms with Gasteiger partial charge in [-0.1, -0.05) is 31.4 Å². The molecule has 1 aromatic carbocycles. The number of hydrogen-bond acceptors (Lipinski definition) is 4. The Morgan fingerprint density at radius 3 is 2.87 bits per heavy atom. The van der Waals surface area contributed by atoms with E-state index in [0.717, 1.165) is 61.3 Å². The molecule has 2 amide bonds. The number of fused-ring (bicyclic) bond motifs is 1. The summed E-state index contributed by atoms with van der Waals surface area (Å²) in [6.07, 6.45) is 11.7. The Morgan fingerprint density at radius 2 is 1.97 bits per heavy atom. The Kier molecular flexibility index (Phi) is 5.74. The maximum absolute atomic E-state index is 12.5. The van der Waals surface area contributed by atoms with Crippen molar-refractivity contribution in [3.8, 4) is 0 Å². The van der Waals surface area contributed by atoms with Gasteiger partial charge in [-0.25, -0.2) is 14.8 Å². The van der Waals surface area contributed by atoms with Crippen LogP contribution in [0.3, 0.4) is 0 Å². The van der Waals surface area contributed by atoms with Gasteiger partial charge in [0.1, 0.15) is 17.8 Å². The highest BCUT2D eigenvalue weighted by Gasteiger charge is 2.24. The number of amides is 2. The van der Waals surface area contributed by atoms with Crippen molar-refractivity contribution in [2.75, 3.05) is 23.3 Å². The predicted molar refractivity (Wildman–Crippen MR) is 124 cm³/mol. The molecule has 3 N–H and O–H groups in total. The Hall–Kier alpha value is -3.09. The predicted octanol–water partition coefficient (Wildman–Crippen LogP) is 4.80. The van der Waals surface area contributed by atoms with E-state index < -0.39 is 0 Å². The van der Waals surface area contributed by atoms with Gasteiger partial charge in [0.15, 0.2) is 0 Å². The molecule has 1 aliphatic carbocycles. The number of carbonyl (C=O) groups is 1. The van der Waals surface area contributed by atoms with Crippen LogP contribution in [-0.2, 0) is 0 Å². The number of H-pyrrole nitrogens is 1. The molecule has 162 valence electrons. The summed E-state index contributed by atoms with van der Waals surface area (Å²) in [5, 5.41) is 7.25. The van der Waals surface area contributed by atoms with Gasteiger partial charge >= 0.3 is 6.03 Å². The molecule has 0 radical (unpaired) electrons. The molecule has 2 aliphatic rings. The maximum Gasteiger partial charge on any atom is 0.319 e. The third kappa shape index (κ3) is 4.50. The fourth-order valence-corrected chi connectivity index (χ4v) is 5.02. The van der Waals surface area contributed by atoms with Gasteiger partial charge in [0, 0.05) is 36.9 Å². The number of nitrogens with one attached hydrogen (secondary N) is 3. The number of piperidine rings is 1. The third-order valence-electron chi connectivity index (χ3n) is 6.61. The van der Waals surface area contributed by atoms with Crippen molar-refractivity contribution < 1.29 is 4.79 Å². The molecule has 1 unspecified atom stereocenters. The molecule has 0 spiro atoms. The van der Waals surface area contributed by atoms with E-state index in [1.54, 1.807) is 6.33 Å². The minimum absolute atomic E-state index is 0.0924. The number of rotatable bonds is 4. The van der Waals surface area contributed by atoms with Crippen LogP contribution in [0.15, 0.2) is 42.9 Å². The molecule has 7 nitrogen and oxygen atoms in total. The summed E-state index contributed by atoms with van der Waals surface area (Å²) in [6, 6.07) is 10.6.